The summed E-state index contributed by atoms with van der Waals surface area (Å²) < 4.78 is 5.22. The molecule has 3 rings (SSSR count). The van der Waals surface area contributed by atoms with E-state index in [9.17, 15) is 9.59 Å². The molecule has 2 amide bonds. The summed E-state index contributed by atoms with van der Waals surface area (Å²) in [4.78, 5) is 28.6. The van der Waals surface area contributed by atoms with Crippen molar-refractivity contribution in [3.63, 3.8) is 0 Å². The van der Waals surface area contributed by atoms with Gasteiger partial charge in [-0.15, -0.1) is 0 Å². The molecule has 0 aliphatic heterocycles. The maximum absolute atomic E-state index is 13.6. The van der Waals surface area contributed by atoms with Crippen LogP contribution in [0.3, 0.4) is 0 Å². The predicted molar refractivity (Wildman–Crippen MR) is 136 cm³/mol. The number of hydrogen-bond acceptors (Lipinski definition) is 3. The van der Waals surface area contributed by atoms with E-state index in [0.717, 1.165) is 28.9 Å². The third kappa shape index (κ3) is 7.35. The Balaban J connectivity index is 1.93. The lowest BCUT2D eigenvalue weighted by Crippen LogP contribution is -2.51. The van der Waals surface area contributed by atoms with Gasteiger partial charge in [-0.25, -0.2) is 0 Å². The van der Waals surface area contributed by atoms with E-state index in [1.165, 1.54) is 0 Å². The van der Waals surface area contributed by atoms with Crippen LogP contribution in [0.25, 0.3) is 0 Å². The molecule has 3 aromatic rings. The second-order valence-electron chi connectivity index (χ2n) is 8.17. The van der Waals surface area contributed by atoms with E-state index in [4.69, 9.17) is 16.3 Å². The van der Waals surface area contributed by atoms with Crippen LogP contribution in [0.4, 0.5) is 0 Å². The molecule has 0 saturated carbocycles. The number of nitrogens with zero attached hydrogens (tertiary/aromatic N) is 1. The first-order chi connectivity index (χ1) is 16.5. The van der Waals surface area contributed by atoms with E-state index < -0.39 is 6.04 Å². The van der Waals surface area contributed by atoms with Crippen molar-refractivity contribution in [3.8, 4) is 5.75 Å². The highest BCUT2D eigenvalue weighted by molar-refractivity contribution is 6.30. The fourth-order valence-electron chi connectivity index (χ4n) is 3.77. The van der Waals surface area contributed by atoms with Gasteiger partial charge in [-0.2, -0.15) is 0 Å². The molecule has 178 valence electrons. The zero-order valence-electron chi connectivity index (χ0n) is 19.7. The molecular formula is C28H31ClN2O3. The molecular weight excluding hydrogens is 448 g/mol. The number of ether oxygens (including phenoxy) is 1. The Labute approximate surface area is 206 Å². The quantitative estimate of drug-likeness (QED) is 0.419. The van der Waals surface area contributed by atoms with Gasteiger partial charge in [0, 0.05) is 24.5 Å². The molecule has 0 aromatic heterocycles. The van der Waals surface area contributed by atoms with Crippen molar-refractivity contribution in [1.82, 2.24) is 10.2 Å². The van der Waals surface area contributed by atoms with Crippen molar-refractivity contribution in [2.24, 2.45) is 0 Å². The van der Waals surface area contributed by atoms with Crippen LogP contribution in [0, 0.1) is 0 Å². The molecule has 3 aromatic carbocycles. The Morgan fingerprint density at radius 1 is 0.941 bits per heavy atom. The molecule has 0 heterocycles. The molecule has 0 spiro atoms. The number of hydrogen-bond donors (Lipinski definition) is 1. The Hall–Kier alpha value is -3.31. The molecule has 0 fully saturated rings. The minimum absolute atomic E-state index is 0.127. The second kappa shape index (κ2) is 12.8. The molecule has 0 aliphatic rings. The van der Waals surface area contributed by atoms with Gasteiger partial charge in [-0.3, -0.25) is 9.59 Å². The molecule has 6 heteroatoms. The summed E-state index contributed by atoms with van der Waals surface area (Å²) in [5, 5.41) is 3.58. The number of benzene rings is 3. The van der Waals surface area contributed by atoms with Gasteiger partial charge in [0.25, 0.3) is 0 Å². The van der Waals surface area contributed by atoms with E-state index in [1.807, 2.05) is 79.7 Å². The zero-order chi connectivity index (χ0) is 24.3. The second-order valence-corrected chi connectivity index (χ2v) is 8.61. The molecule has 0 radical (unpaired) electrons. The number of amides is 2. The lowest BCUT2D eigenvalue weighted by Gasteiger charge is -2.31. The fraction of sp³-hybridized carbons (Fsp3) is 0.286. The summed E-state index contributed by atoms with van der Waals surface area (Å²) in [5.74, 6) is 0.446. The zero-order valence-corrected chi connectivity index (χ0v) is 20.4. The van der Waals surface area contributed by atoms with Gasteiger partial charge in [0.05, 0.1) is 13.5 Å². The third-order valence-electron chi connectivity index (χ3n) is 5.58. The fourth-order valence-corrected chi connectivity index (χ4v) is 3.98. The van der Waals surface area contributed by atoms with E-state index >= 15 is 0 Å². The molecule has 0 bridgehead atoms. The number of carbonyl (C=O) groups is 2. The summed E-state index contributed by atoms with van der Waals surface area (Å²) in [6.07, 6.45) is 1.42. The van der Waals surface area contributed by atoms with Gasteiger partial charge < -0.3 is 15.0 Å². The Morgan fingerprint density at radius 2 is 1.65 bits per heavy atom. The Bertz CT molecular complexity index is 1070. The van der Waals surface area contributed by atoms with E-state index in [-0.39, 0.29) is 24.8 Å². The van der Waals surface area contributed by atoms with Crippen LogP contribution in [0.15, 0.2) is 78.9 Å². The van der Waals surface area contributed by atoms with Crippen molar-refractivity contribution >= 4 is 23.4 Å². The van der Waals surface area contributed by atoms with Gasteiger partial charge in [0.1, 0.15) is 11.8 Å². The molecule has 5 nitrogen and oxygen atoms in total. The van der Waals surface area contributed by atoms with Crippen molar-refractivity contribution < 1.29 is 14.3 Å². The molecule has 1 unspecified atom stereocenters. The first-order valence-electron chi connectivity index (χ1n) is 11.5. The SMILES string of the molecule is CCCNC(=O)C(Cc1ccccc1)N(Cc1cccc(Cl)c1)C(=O)Cc1ccc(OC)cc1. The van der Waals surface area contributed by atoms with Gasteiger partial charge in [0.15, 0.2) is 0 Å². The summed E-state index contributed by atoms with van der Waals surface area (Å²) in [5.41, 5.74) is 2.72. The number of rotatable bonds is 11. The molecule has 1 atom stereocenters. The first kappa shape index (κ1) is 25.3. The van der Waals surface area contributed by atoms with Crippen LogP contribution in [0.1, 0.15) is 30.0 Å². The summed E-state index contributed by atoms with van der Waals surface area (Å²) >= 11 is 6.21. The average Bonchev–Trinajstić information content (AvgIpc) is 2.85. The summed E-state index contributed by atoms with van der Waals surface area (Å²) in [6.45, 7) is 2.85. The van der Waals surface area contributed by atoms with Gasteiger partial charge >= 0.3 is 0 Å². The smallest absolute Gasteiger partial charge is 0.243 e. The average molecular weight is 479 g/mol. The molecule has 0 saturated heterocycles. The maximum atomic E-state index is 13.6. The lowest BCUT2D eigenvalue weighted by molar-refractivity contribution is -0.140. The van der Waals surface area contributed by atoms with Crippen molar-refractivity contribution in [2.75, 3.05) is 13.7 Å². The molecule has 34 heavy (non-hydrogen) atoms. The largest absolute Gasteiger partial charge is 0.497 e. The first-order valence-corrected chi connectivity index (χ1v) is 11.9. The predicted octanol–water partition coefficient (Wildman–Crippen LogP) is 5.06. The van der Waals surface area contributed by atoms with Crippen molar-refractivity contribution in [1.29, 1.82) is 0 Å². The van der Waals surface area contributed by atoms with Gasteiger partial charge in [-0.05, 0) is 47.4 Å². The highest BCUT2D eigenvalue weighted by Crippen LogP contribution is 2.19. The van der Waals surface area contributed by atoms with Gasteiger partial charge in [0.2, 0.25) is 11.8 Å². The van der Waals surface area contributed by atoms with Crippen LogP contribution in [-0.4, -0.2) is 36.4 Å². The normalized spacial score (nSPS) is 11.5. The number of methoxy groups -OCH3 is 1. The van der Waals surface area contributed by atoms with Gasteiger partial charge in [-0.1, -0.05) is 73.1 Å². The summed E-state index contributed by atoms with van der Waals surface area (Å²) in [6, 6.07) is 23.9. The number of halogens is 1. The van der Waals surface area contributed by atoms with Crippen LogP contribution in [-0.2, 0) is 29.0 Å². The lowest BCUT2D eigenvalue weighted by atomic mass is 10.0. The standard InChI is InChI=1S/C28H31ClN2O3/c1-3-16-30-28(33)26(18-21-8-5-4-6-9-21)31(20-23-10-7-11-24(29)17-23)27(32)19-22-12-14-25(34-2)15-13-22/h4-15,17,26H,3,16,18-20H2,1-2H3,(H,30,33). The van der Waals surface area contributed by atoms with E-state index in [0.29, 0.717) is 18.0 Å². The minimum atomic E-state index is -0.654. The number of nitrogens with one attached hydrogen (secondary N) is 1. The van der Waals surface area contributed by atoms with Crippen LogP contribution in [0.5, 0.6) is 5.75 Å². The van der Waals surface area contributed by atoms with E-state index in [2.05, 4.69) is 5.32 Å². The minimum Gasteiger partial charge on any atom is -0.497 e. The topological polar surface area (TPSA) is 58.6 Å². The van der Waals surface area contributed by atoms with Crippen LogP contribution in [0.2, 0.25) is 5.02 Å². The van der Waals surface area contributed by atoms with Crippen LogP contribution >= 0.6 is 11.6 Å². The molecule has 1 N–H and O–H groups in total. The Kier molecular flexibility index (Phi) is 9.53. The van der Waals surface area contributed by atoms with Crippen LogP contribution < -0.4 is 10.1 Å². The molecule has 0 aliphatic carbocycles. The number of carbonyl (C=O) groups excluding carboxylic acids is 2. The monoisotopic (exact) mass is 478 g/mol. The maximum Gasteiger partial charge on any atom is 0.243 e. The third-order valence-corrected chi connectivity index (χ3v) is 5.81. The van der Waals surface area contributed by atoms with Crippen molar-refractivity contribution in [3.05, 3.63) is 101 Å². The highest BCUT2D eigenvalue weighted by atomic mass is 35.5. The highest BCUT2D eigenvalue weighted by Gasteiger charge is 2.30. The summed E-state index contributed by atoms with van der Waals surface area (Å²) in [7, 11) is 1.61. The van der Waals surface area contributed by atoms with Crippen molar-refractivity contribution in [2.45, 2.75) is 38.8 Å². The van der Waals surface area contributed by atoms with E-state index in [1.54, 1.807) is 18.1 Å². The Morgan fingerprint density at radius 3 is 2.29 bits per heavy atom.